The normalized spacial score (nSPS) is 17.0. The molecule has 1 aliphatic heterocycles. The maximum Gasteiger partial charge on any atom is 0.240 e. The first-order valence-electron chi connectivity index (χ1n) is 11.2. The van der Waals surface area contributed by atoms with Crippen molar-refractivity contribution in [2.75, 3.05) is 13.1 Å². The van der Waals surface area contributed by atoms with Crippen LogP contribution >= 0.6 is 46.4 Å². The van der Waals surface area contributed by atoms with Crippen molar-refractivity contribution >= 4 is 70.2 Å². The van der Waals surface area contributed by atoms with Gasteiger partial charge in [-0.15, -0.1) is 0 Å². The van der Waals surface area contributed by atoms with Gasteiger partial charge in [-0.05, 0) is 65.6 Å². The van der Waals surface area contributed by atoms with Gasteiger partial charge >= 0.3 is 0 Å². The number of carbonyl (C=O) groups excluding carboxylic acids is 2. The Morgan fingerprint density at radius 2 is 1.53 bits per heavy atom. The Kier molecular flexibility index (Phi) is 8.55. The minimum absolute atomic E-state index is 0.0989. The fourth-order valence-electron chi connectivity index (χ4n) is 4.00. The topological polar surface area (TPSA) is 63.4 Å². The molecular weight excluding hydrogens is 538 g/mol. The summed E-state index contributed by atoms with van der Waals surface area (Å²) in [7, 11) is 0. The summed E-state index contributed by atoms with van der Waals surface area (Å²) in [4.78, 5) is 28.4. The minimum Gasteiger partial charge on any atom is -0.332 e. The Morgan fingerprint density at radius 3 is 2.22 bits per heavy atom. The van der Waals surface area contributed by atoms with Gasteiger partial charge in [-0.3, -0.25) is 9.59 Å². The van der Waals surface area contributed by atoms with Crippen LogP contribution < -0.4 is 5.73 Å². The third-order valence-corrected chi connectivity index (χ3v) is 7.12. The zero-order valence-electron chi connectivity index (χ0n) is 19.1. The molecule has 8 heteroatoms. The number of hydrogen-bond donors (Lipinski definition) is 1. The van der Waals surface area contributed by atoms with Gasteiger partial charge in [-0.25, -0.2) is 0 Å². The van der Waals surface area contributed by atoms with Gasteiger partial charge < -0.3 is 10.6 Å². The molecule has 0 radical (unpaired) electrons. The SMILES string of the molecule is N[C@@H](Cc1ccccc1)C(=O)N1C/C(=C\c2ccc(Cl)c(Cl)c2)C(=O)/C(=C/c2cc(Cl)ccc2Cl)C1. The van der Waals surface area contributed by atoms with Crippen molar-refractivity contribution < 1.29 is 9.59 Å². The summed E-state index contributed by atoms with van der Waals surface area (Å²) in [5, 5.41) is 1.71. The Balaban J connectivity index is 1.69. The lowest BCUT2D eigenvalue weighted by Gasteiger charge is -2.32. The number of benzene rings is 3. The van der Waals surface area contributed by atoms with E-state index in [1.54, 1.807) is 53.5 Å². The van der Waals surface area contributed by atoms with Crippen LogP contribution in [0.15, 0.2) is 77.9 Å². The van der Waals surface area contributed by atoms with E-state index in [0.29, 0.717) is 48.8 Å². The fourth-order valence-corrected chi connectivity index (χ4v) is 4.66. The molecule has 2 N–H and O–H groups in total. The average molecular weight is 560 g/mol. The molecule has 1 saturated heterocycles. The van der Waals surface area contributed by atoms with E-state index >= 15 is 0 Å². The molecular formula is C28H22Cl4N2O2. The molecule has 1 heterocycles. The van der Waals surface area contributed by atoms with E-state index in [-0.39, 0.29) is 24.8 Å². The molecule has 1 atom stereocenters. The van der Waals surface area contributed by atoms with E-state index < -0.39 is 6.04 Å². The van der Waals surface area contributed by atoms with Crippen molar-refractivity contribution in [2.24, 2.45) is 5.73 Å². The zero-order valence-corrected chi connectivity index (χ0v) is 22.1. The fraction of sp³-hybridized carbons (Fsp3) is 0.143. The molecule has 0 saturated carbocycles. The molecule has 36 heavy (non-hydrogen) atoms. The van der Waals surface area contributed by atoms with E-state index in [1.165, 1.54) is 0 Å². The standard InChI is InChI=1S/C28H22Cl4N2O2/c29-22-7-9-23(30)19(14-22)13-21-16-34(28(36)26(33)12-17-4-2-1-3-5-17)15-20(27(21)35)10-18-6-8-24(31)25(32)11-18/h1-11,13-14,26H,12,15-16,33H2/b20-10+,21-13+/t26-/m0/s1. The number of nitrogens with two attached hydrogens (primary N) is 1. The summed E-state index contributed by atoms with van der Waals surface area (Å²) >= 11 is 24.7. The number of halogens is 4. The highest BCUT2D eigenvalue weighted by Gasteiger charge is 2.31. The number of ketones is 1. The number of likely N-dealkylation sites (tertiary alicyclic amines) is 1. The number of nitrogens with zero attached hydrogens (tertiary/aromatic N) is 1. The second-order valence-corrected chi connectivity index (χ2v) is 10.2. The molecule has 1 aliphatic rings. The zero-order chi connectivity index (χ0) is 25.8. The van der Waals surface area contributed by atoms with E-state index in [0.717, 1.165) is 5.56 Å². The Labute approximate surface area is 229 Å². The van der Waals surface area contributed by atoms with Crippen molar-refractivity contribution in [2.45, 2.75) is 12.5 Å². The van der Waals surface area contributed by atoms with E-state index in [4.69, 9.17) is 52.1 Å². The van der Waals surface area contributed by atoms with Gasteiger partial charge in [-0.2, -0.15) is 0 Å². The van der Waals surface area contributed by atoms with E-state index in [1.807, 2.05) is 30.3 Å². The number of piperidine rings is 1. The summed E-state index contributed by atoms with van der Waals surface area (Å²) in [5.41, 5.74) is 9.36. The summed E-state index contributed by atoms with van der Waals surface area (Å²) in [6, 6.07) is 18.9. The second-order valence-electron chi connectivity index (χ2n) is 8.50. The van der Waals surface area contributed by atoms with Crippen molar-refractivity contribution in [3.63, 3.8) is 0 Å². The highest BCUT2D eigenvalue weighted by Crippen LogP contribution is 2.29. The van der Waals surface area contributed by atoms with Gasteiger partial charge in [0.2, 0.25) is 5.91 Å². The maximum atomic E-state index is 13.5. The Morgan fingerprint density at radius 1 is 0.861 bits per heavy atom. The lowest BCUT2D eigenvalue weighted by Crippen LogP contribution is -2.49. The lowest BCUT2D eigenvalue weighted by molar-refractivity contribution is -0.132. The summed E-state index contributed by atoms with van der Waals surface area (Å²) in [6.45, 7) is 0.211. The third kappa shape index (κ3) is 6.39. The molecule has 0 bridgehead atoms. The average Bonchev–Trinajstić information content (AvgIpc) is 2.86. The second kappa shape index (κ2) is 11.6. The summed E-state index contributed by atoms with van der Waals surface area (Å²) in [6.07, 6.45) is 3.76. The molecule has 4 rings (SSSR count). The predicted molar refractivity (Wildman–Crippen MR) is 149 cm³/mol. The summed E-state index contributed by atoms with van der Waals surface area (Å²) in [5.74, 6) is -0.452. The summed E-state index contributed by atoms with van der Waals surface area (Å²) < 4.78 is 0. The van der Waals surface area contributed by atoms with Crippen molar-refractivity contribution in [3.05, 3.63) is 115 Å². The van der Waals surface area contributed by atoms with Crippen molar-refractivity contribution in [1.82, 2.24) is 4.90 Å². The molecule has 3 aromatic carbocycles. The molecule has 0 unspecified atom stereocenters. The van der Waals surface area contributed by atoms with Crippen LogP contribution in [0.1, 0.15) is 16.7 Å². The molecule has 1 amide bonds. The Hall–Kier alpha value is -2.60. The first-order valence-corrected chi connectivity index (χ1v) is 12.7. The van der Waals surface area contributed by atoms with Crippen LogP contribution in [0.25, 0.3) is 12.2 Å². The van der Waals surface area contributed by atoms with Gasteiger partial charge in [0.1, 0.15) is 0 Å². The molecule has 184 valence electrons. The van der Waals surface area contributed by atoms with Crippen molar-refractivity contribution in [3.8, 4) is 0 Å². The van der Waals surface area contributed by atoms with Gasteiger partial charge in [0, 0.05) is 34.3 Å². The highest BCUT2D eigenvalue weighted by atomic mass is 35.5. The van der Waals surface area contributed by atoms with E-state index in [9.17, 15) is 9.59 Å². The van der Waals surface area contributed by atoms with Crippen LogP contribution in [-0.4, -0.2) is 35.7 Å². The predicted octanol–water partition coefficient (Wildman–Crippen LogP) is 6.75. The first kappa shape index (κ1) is 26.5. The Bertz CT molecular complexity index is 1370. The third-order valence-electron chi connectivity index (χ3n) is 5.81. The van der Waals surface area contributed by atoms with E-state index in [2.05, 4.69) is 0 Å². The monoisotopic (exact) mass is 558 g/mol. The quantitative estimate of drug-likeness (QED) is 0.352. The van der Waals surface area contributed by atoms with Gasteiger partial charge in [-0.1, -0.05) is 82.8 Å². The smallest absolute Gasteiger partial charge is 0.240 e. The molecule has 0 spiro atoms. The molecule has 3 aromatic rings. The molecule has 4 nitrogen and oxygen atoms in total. The lowest BCUT2D eigenvalue weighted by atomic mass is 9.93. The van der Waals surface area contributed by atoms with Crippen LogP contribution in [0.2, 0.25) is 20.1 Å². The van der Waals surface area contributed by atoms with Crippen LogP contribution in [0.5, 0.6) is 0 Å². The van der Waals surface area contributed by atoms with Gasteiger partial charge in [0.15, 0.2) is 5.78 Å². The highest BCUT2D eigenvalue weighted by molar-refractivity contribution is 6.42. The maximum absolute atomic E-state index is 13.5. The minimum atomic E-state index is -0.761. The van der Waals surface area contributed by atoms with Gasteiger partial charge in [0.05, 0.1) is 16.1 Å². The van der Waals surface area contributed by atoms with Crippen LogP contribution in [0.4, 0.5) is 0 Å². The van der Waals surface area contributed by atoms with Crippen molar-refractivity contribution in [1.29, 1.82) is 0 Å². The number of Topliss-reactive ketones (excluding diaryl/α,β-unsaturated/α-hetero) is 1. The van der Waals surface area contributed by atoms with Crippen LogP contribution in [0.3, 0.4) is 0 Å². The molecule has 1 fully saturated rings. The van der Waals surface area contributed by atoms with Crippen LogP contribution in [0, 0.1) is 0 Å². The first-order chi connectivity index (χ1) is 17.2. The number of carbonyl (C=O) groups is 2. The van der Waals surface area contributed by atoms with Gasteiger partial charge in [0.25, 0.3) is 0 Å². The molecule has 0 aliphatic carbocycles. The van der Waals surface area contributed by atoms with Crippen LogP contribution in [-0.2, 0) is 16.0 Å². The largest absolute Gasteiger partial charge is 0.332 e. The number of hydrogen-bond acceptors (Lipinski definition) is 3. The number of rotatable bonds is 5. The number of amides is 1. The molecule has 0 aromatic heterocycles.